The molecule has 1 aliphatic rings. The van der Waals surface area contributed by atoms with Crippen molar-refractivity contribution in [3.63, 3.8) is 0 Å². The number of carbonyl (C=O) groups excluding carboxylic acids is 1. The number of ether oxygens (including phenoxy) is 1. The van der Waals surface area contributed by atoms with Crippen molar-refractivity contribution in [1.29, 1.82) is 0 Å². The molecule has 1 aliphatic heterocycles. The highest BCUT2D eigenvalue weighted by molar-refractivity contribution is 7.85. The zero-order chi connectivity index (χ0) is 31.3. The van der Waals surface area contributed by atoms with Crippen LogP contribution in [0.2, 0.25) is 0 Å². The lowest BCUT2D eigenvalue weighted by Gasteiger charge is -2.30. The first-order valence-corrected chi connectivity index (χ1v) is 15.2. The summed E-state index contributed by atoms with van der Waals surface area (Å²) in [6, 6.07) is 10.2. The van der Waals surface area contributed by atoms with Crippen LogP contribution in [0.4, 0.5) is 36.3 Å². The molecule has 14 heteroatoms. The van der Waals surface area contributed by atoms with Gasteiger partial charge in [0.25, 0.3) is 5.91 Å². The lowest BCUT2D eigenvalue weighted by Crippen LogP contribution is -2.46. The third-order valence-corrected chi connectivity index (χ3v) is 8.14. The molecule has 3 aromatic rings. The molecule has 0 saturated carbocycles. The number of aryl methyl sites for hydroxylation is 1. The van der Waals surface area contributed by atoms with Crippen molar-refractivity contribution in [1.82, 2.24) is 20.2 Å². The fourth-order valence-corrected chi connectivity index (χ4v) is 5.27. The zero-order valence-corrected chi connectivity index (χ0v) is 25.5. The van der Waals surface area contributed by atoms with Crippen molar-refractivity contribution in [2.24, 2.45) is 0 Å². The van der Waals surface area contributed by atoms with E-state index in [1.54, 1.807) is 35.6 Å². The Hall–Kier alpha value is -3.91. The van der Waals surface area contributed by atoms with E-state index in [9.17, 15) is 22.2 Å². The molecule has 0 aliphatic carbocycles. The number of rotatable bonds is 10. The first kappa shape index (κ1) is 32.0. The number of carbonyl (C=O) groups is 1. The summed E-state index contributed by atoms with van der Waals surface area (Å²) in [5.41, 5.74) is 1.90. The van der Waals surface area contributed by atoms with Crippen LogP contribution in [-0.2, 0) is 23.7 Å². The van der Waals surface area contributed by atoms with Gasteiger partial charge in [0.1, 0.15) is 28.1 Å². The topological polar surface area (TPSA) is 112 Å². The van der Waals surface area contributed by atoms with E-state index >= 15 is 0 Å². The number of benzene rings is 2. The minimum atomic E-state index is -4.71. The van der Waals surface area contributed by atoms with Gasteiger partial charge in [-0.15, -0.1) is 0 Å². The second-order valence-corrected chi connectivity index (χ2v) is 11.9. The maximum atomic E-state index is 13.9. The number of alkyl halides is 3. The van der Waals surface area contributed by atoms with Gasteiger partial charge in [0, 0.05) is 44.2 Å². The van der Waals surface area contributed by atoms with Gasteiger partial charge in [-0.1, -0.05) is 12.1 Å². The van der Waals surface area contributed by atoms with Crippen molar-refractivity contribution >= 4 is 40.0 Å². The molecule has 1 amide bonds. The number of halogens is 3. The average Bonchev–Trinajstić information content (AvgIpc) is 2.95. The minimum Gasteiger partial charge on any atom is -0.495 e. The van der Waals surface area contributed by atoms with Crippen LogP contribution in [0.15, 0.2) is 42.6 Å². The number of nitrogens with zero attached hydrogens (tertiary/aromatic N) is 4. The summed E-state index contributed by atoms with van der Waals surface area (Å²) in [4.78, 5) is 23.1. The highest BCUT2D eigenvalue weighted by Crippen LogP contribution is 2.35. The molecule has 2 atom stereocenters. The molecule has 2 aromatic carbocycles. The average molecular weight is 620 g/mol. The van der Waals surface area contributed by atoms with E-state index in [4.69, 9.17) is 4.74 Å². The van der Waals surface area contributed by atoms with E-state index in [0.717, 1.165) is 31.5 Å². The predicted molar refractivity (Wildman–Crippen MR) is 162 cm³/mol. The number of hydrogen-bond acceptors (Lipinski definition) is 8. The Morgan fingerprint density at radius 2 is 2.00 bits per heavy atom. The van der Waals surface area contributed by atoms with Gasteiger partial charge in [-0.2, -0.15) is 18.2 Å². The smallest absolute Gasteiger partial charge is 0.421 e. The fraction of sp³-hybridized carbons (Fsp3) is 0.414. The summed E-state index contributed by atoms with van der Waals surface area (Å²) in [5, 5.41) is 8.74. The Morgan fingerprint density at radius 1 is 1.23 bits per heavy atom. The van der Waals surface area contributed by atoms with E-state index in [1.807, 2.05) is 26.1 Å². The Morgan fingerprint density at radius 3 is 2.67 bits per heavy atom. The maximum Gasteiger partial charge on any atom is 0.421 e. The molecule has 0 bridgehead atoms. The number of methoxy groups -OCH3 is 1. The van der Waals surface area contributed by atoms with Crippen LogP contribution in [0.3, 0.4) is 0 Å². The van der Waals surface area contributed by atoms with Gasteiger partial charge in [-0.25, -0.2) is 9.19 Å². The first-order chi connectivity index (χ1) is 20.3. The van der Waals surface area contributed by atoms with E-state index in [-0.39, 0.29) is 24.4 Å². The minimum absolute atomic E-state index is 0.0133. The fourth-order valence-electron chi connectivity index (χ4n) is 4.83. The van der Waals surface area contributed by atoms with Crippen molar-refractivity contribution in [3.8, 4) is 5.75 Å². The van der Waals surface area contributed by atoms with Gasteiger partial charge >= 0.3 is 6.18 Å². The summed E-state index contributed by atoms with van der Waals surface area (Å²) >= 11 is 0. The van der Waals surface area contributed by atoms with E-state index in [0.29, 0.717) is 34.4 Å². The number of amides is 1. The van der Waals surface area contributed by atoms with Crippen LogP contribution < -0.4 is 25.0 Å². The van der Waals surface area contributed by atoms with Crippen molar-refractivity contribution in [2.45, 2.75) is 38.5 Å². The number of likely N-dealkylation sites (N-methyl/N-ethyl adjacent to an activating group) is 1. The lowest BCUT2D eigenvalue weighted by molar-refractivity contribution is -0.137. The van der Waals surface area contributed by atoms with Crippen LogP contribution in [0.25, 0.3) is 0 Å². The third-order valence-electron chi connectivity index (χ3n) is 7.18. The Kier molecular flexibility index (Phi) is 10.1. The highest BCUT2D eigenvalue weighted by Gasteiger charge is 2.35. The molecule has 1 saturated heterocycles. The molecular formula is C29H36F3N7O3S. The standard InChI is InChI=1S/C29H36F3N7O3S/c1-18-8-9-20(24(13-18)39(3)43(5)41)15-33-26-22(29(30,31)32)16-34-28(37-26)36-23-11-10-19(14-25(23)42-4)27(40)35-21-7-6-12-38(2)17-21/h8-11,13-14,16,21H,6-7,12,15,17H2,1-5H3,(H,35,40)(H2,33,34,36,37). The molecule has 0 radical (unpaired) electrons. The van der Waals surface area contributed by atoms with Crippen LogP contribution in [0.5, 0.6) is 5.75 Å². The van der Waals surface area contributed by atoms with Gasteiger partial charge in [0.15, 0.2) is 0 Å². The quantitative estimate of drug-likeness (QED) is 0.299. The summed E-state index contributed by atoms with van der Waals surface area (Å²) < 4.78 is 60.7. The van der Waals surface area contributed by atoms with Crippen molar-refractivity contribution < 1.29 is 26.9 Å². The number of aromatic nitrogens is 2. The SMILES string of the molecule is COc1cc(C(=O)NC2CCCN(C)C2)ccc1Nc1ncc(C(F)(F)F)c(NCc2ccc(C)cc2N(C)S(C)=O)n1. The first-order valence-electron chi connectivity index (χ1n) is 13.6. The van der Waals surface area contributed by atoms with E-state index < -0.39 is 28.5 Å². The number of hydrogen-bond donors (Lipinski definition) is 3. The van der Waals surface area contributed by atoms with Crippen molar-refractivity contribution in [2.75, 3.05) is 55.5 Å². The molecule has 4 rings (SSSR count). The monoisotopic (exact) mass is 619 g/mol. The van der Waals surface area contributed by atoms with Crippen LogP contribution in [-0.4, -0.2) is 71.6 Å². The molecular weight excluding hydrogens is 583 g/mol. The van der Waals surface area contributed by atoms with E-state index in [2.05, 4.69) is 30.8 Å². The van der Waals surface area contributed by atoms with Crippen LogP contribution >= 0.6 is 0 Å². The predicted octanol–water partition coefficient (Wildman–Crippen LogP) is 4.72. The van der Waals surface area contributed by atoms with Gasteiger partial charge in [-0.05, 0) is 68.8 Å². The molecule has 3 N–H and O–H groups in total. The third kappa shape index (κ3) is 8.14. The molecule has 232 valence electrons. The summed E-state index contributed by atoms with van der Waals surface area (Å²) in [6.07, 6.45) is -0.587. The van der Waals surface area contributed by atoms with Gasteiger partial charge < -0.3 is 25.6 Å². The Bertz CT molecular complexity index is 1490. The molecule has 1 fully saturated rings. The number of nitrogens with one attached hydrogen (secondary N) is 3. The summed E-state index contributed by atoms with van der Waals surface area (Å²) in [5.74, 6) is -0.474. The second kappa shape index (κ2) is 13.6. The number of anilines is 4. The van der Waals surface area contributed by atoms with Crippen LogP contribution in [0.1, 0.15) is 39.9 Å². The summed E-state index contributed by atoms with van der Waals surface area (Å²) in [6.45, 7) is 3.62. The number of likely N-dealkylation sites (tertiary alicyclic amines) is 1. The van der Waals surface area contributed by atoms with Gasteiger partial charge in [0.05, 0.1) is 18.5 Å². The van der Waals surface area contributed by atoms with Gasteiger partial charge in [-0.3, -0.25) is 9.10 Å². The molecule has 0 spiro atoms. The highest BCUT2D eigenvalue weighted by atomic mass is 32.2. The van der Waals surface area contributed by atoms with Crippen molar-refractivity contribution in [3.05, 3.63) is 64.8 Å². The largest absolute Gasteiger partial charge is 0.495 e. The summed E-state index contributed by atoms with van der Waals surface area (Å²) in [7, 11) is 3.76. The lowest BCUT2D eigenvalue weighted by atomic mass is 10.1. The zero-order valence-electron chi connectivity index (χ0n) is 24.7. The maximum absolute atomic E-state index is 13.9. The molecule has 43 heavy (non-hydrogen) atoms. The van der Waals surface area contributed by atoms with E-state index in [1.165, 1.54) is 13.4 Å². The molecule has 2 unspecified atom stereocenters. The Balaban J connectivity index is 1.56. The molecule has 1 aromatic heterocycles. The van der Waals surface area contributed by atoms with Crippen LogP contribution in [0, 0.1) is 6.92 Å². The molecule has 2 heterocycles. The molecule has 10 nitrogen and oxygen atoms in total. The second-order valence-electron chi connectivity index (χ2n) is 10.5. The normalized spacial score (nSPS) is 16.3. The van der Waals surface area contributed by atoms with Gasteiger partial charge in [0.2, 0.25) is 5.95 Å². The Labute approximate surface area is 251 Å². The number of piperidine rings is 1.